The molecule has 0 aliphatic carbocycles. The molecule has 0 atom stereocenters. The van der Waals surface area contributed by atoms with E-state index >= 15 is 0 Å². The molecule has 2 amide bonds. The number of carbonyl (C=O) groups excluding carboxylic acids is 3. The molecule has 2 aromatic rings. The van der Waals surface area contributed by atoms with Gasteiger partial charge in [0.05, 0.1) is 0 Å². The summed E-state index contributed by atoms with van der Waals surface area (Å²) in [6, 6.07) is 14.3. The van der Waals surface area contributed by atoms with Crippen LogP contribution in [0.3, 0.4) is 0 Å². The summed E-state index contributed by atoms with van der Waals surface area (Å²) < 4.78 is 0. The van der Waals surface area contributed by atoms with E-state index in [1.54, 1.807) is 36.4 Å². The van der Waals surface area contributed by atoms with E-state index in [1.807, 2.05) is 31.0 Å². The Morgan fingerprint density at radius 3 is 2.03 bits per heavy atom. The molecule has 29 heavy (non-hydrogen) atoms. The van der Waals surface area contributed by atoms with Crippen molar-refractivity contribution in [2.75, 3.05) is 38.5 Å². The van der Waals surface area contributed by atoms with Gasteiger partial charge in [-0.1, -0.05) is 29.8 Å². The van der Waals surface area contributed by atoms with Gasteiger partial charge in [0.1, 0.15) is 0 Å². The third kappa shape index (κ3) is 5.74. The number of nitrogens with zero attached hydrogens (tertiary/aromatic N) is 2. The summed E-state index contributed by atoms with van der Waals surface area (Å²) in [4.78, 5) is 40.9. The summed E-state index contributed by atoms with van der Waals surface area (Å²) >= 11 is 0. The first-order chi connectivity index (χ1) is 13.9. The van der Waals surface area contributed by atoms with Crippen LogP contribution in [-0.2, 0) is 4.79 Å². The van der Waals surface area contributed by atoms with Crippen molar-refractivity contribution in [1.82, 2.24) is 9.80 Å². The quantitative estimate of drug-likeness (QED) is 0.766. The highest BCUT2D eigenvalue weighted by atomic mass is 16.2. The molecule has 1 heterocycles. The van der Waals surface area contributed by atoms with E-state index in [0.29, 0.717) is 16.8 Å². The average Bonchev–Trinajstić information content (AvgIpc) is 2.73. The van der Waals surface area contributed by atoms with Crippen molar-refractivity contribution in [3.63, 3.8) is 0 Å². The first kappa shape index (κ1) is 20.7. The predicted octanol–water partition coefficient (Wildman–Crippen LogP) is 2.98. The normalized spacial score (nSPS) is 14.5. The molecule has 0 radical (unpaired) electrons. The van der Waals surface area contributed by atoms with Crippen molar-refractivity contribution in [2.45, 2.75) is 19.8 Å². The number of Topliss-reactive ketones (excluding diaryl/α,β-unsaturated/α-hetero) is 1. The molecule has 6 heteroatoms. The second-order valence-corrected chi connectivity index (χ2v) is 7.51. The van der Waals surface area contributed by atoms with E-state index in [2.05, 4.69) is 10.2 Å². The number of anilines is 1. The zero-order valence-corrected chi connectivity index (χ0v) is 17.0. The van der Waals surface area contributed by atoms with E-state index in [9.17, 15) is 14.4 Å². The third-order valence-electron chi connectivity index (χ3n) is 5.16. The van der Waals surface area contributed by atoms with Crippen LogP contribution in [0.5, 0.6) is 0 Å². The van der Waals surface area contributed by atoms with Crippen LogP contribution in [0.15, 0.2) is 48.5 Å². The second-order valence-electron chi connectivity index (χ2n) is 7.51. The Morgan fingerprint density at radius 1 is 0.828 bits per heavy atom. The van der Waals surface area contributed by atoms with Crippen LogP contribution in [0.2, 0.25) is 0 Å². The van der Waals surface area contributed by atoms with Gasteiger partial charge in [-0.2, -0.15) is 0 Å². The van der Waals surface area contributed by atoms with Gasteiger partial charge in [0, 0.05) is 55.8 Å². The molecular formula is C23H27N3O3. The molecule has 0 spiro atoms. The SMILES string of the molecule is Cc1ccc(C(=O)CCC(=O)Nc2ccc(C(=O)N3CCN(C)CC3)cc2)cc1. The molecule has 152 valence electrons. The number of hydrogen-bond acceptors (Lipinski definition) is 4. The zero-order valence-electron chi connectivity index (χ0n) is 17.0. The highest BCUT2D eigenvalue weighted by Gasteiger charge is 2.20. The van der Waals surface area contributed by atoms with Crippen LogP contribution in [0.25, 0.3) is 0 Å². The minimum Gasteiger partial charge on any atom is -0.336 e. The van der Waals surface area contributed by atoms with Crippen molar-refractivity contribution < 1.29 is 14.4 Å². The molecule has 2 aromatic carbocycles. The van der Waals surface area contributed by atoms with Gasteiger partial charge < -0.3 is 15.1 Å². The Kier molecular flexibility index (Phi) is 6.77. The molecule has 6 nitrogen and oxygen atoms in total. The van der Waals surface area contributed by atoms with Crippen LogP contribution < -0.4 is 5.32 Å². The largest absolute Gasteiger partial charge is 0.336 e. The smallest absolute Gasteiger partial charge is 0.253 e. The molecule has 0 bridgehead atoms. The maximum absolute atomic E-state index is 12.6. The minimum atomic E-state index is -0.219. The van der Waals surface area contributed by atoms with Crippen LogP contribution in [0.4, 0.5) is 5.69 Å². The molecule has 1 saturated heterocycles. The van der Waals surface area contributed by atoms with E-state index in [4.69, 9.17) is 0 Å². The van der Waals surface area contributed by atoms with Crippen molar-refractivity contribution in [2.24, 2.45) is 0 Å². The molecule has 0 unspecified atom stereocenters. The summed E-state index contributed by atoms with van der Waals surface area (Å²) in [6.07, 6.45) is 0.281. The number of nitrogens with one attached hydrogen (secondary N) is 1. The molecular weight excluding hydrogens is 366 g/mol. The average molecular weight is 393 g/mol. The van der Waals surface area contributed by atoms with E-state index < -0.39 is 0 Å². The number of piperazine rings is 1. The molecule has 1 N–H and O–H groups in total. The lowest BCUT2D eigenvalue weighted by molar-refractivity contribution is -0.116. The van der Waals surface area contributed by atoms with Crippen molar-refractivity contribution in [1.29, 1.82) is 0 Å². The van der Waals surface area contributed by atoms with Crippen LogP contribution in [-0.4, -0.2) is 60.6 Å². The Balaban J connectivity index is 1.48. The number of hydrogen-bond donors (Lipinski definition) is 1. The van der Waals surface area contributed by atoms with E-state index in [-0.39, 0.29) is 30.4 Å². The second kappa shape index (κ2) is 9.47. The van der Waals surface area contributed by atoms with Crippen LogP contribution in [0, 0.1) is 6.92 Å². The van der Waals surface area contributed by atoms with Gasteiger partial charge in [-0.15, -0.1) is 0 Å². The van der Waals surface area contributed by atoms with Gasteiger partial charge in [0.2, 0.25) is 5.91 Å². The summed E-state index contributed by atoms with van der Waals surface area (Å²) in [5.74, 6) is -0.253. The Bertz CT molecular complexity index is 867. The van der Waals surface area contributed by atoms with Crippen LogP contribution in [0.1, 0.15) is 39.1 Å². The van der Waals surface area contributed by atoms with Gasteiger partial charge in [0.25, 0.3) is 5.91 Å². The lowest BCUT2D eigenvalue weighted by atomic mass is 10.0. The lowest BCUT2D eigenvalue weighted by Gasteiger charge is -2.32. The number of benzene rings is 2. The fourth-order valence-corrected chi connectivity index (χ4v) is 3.22. The lowest BCUT2D eigenvalue weighted by Crippen LogP contribution is -2.47. The number of aryl methyl sites for hydroxylation is 1. The number of ketones is 1. The summed E-state index contributed by atoms with van der Waals surface area (Å²) in [5.41, 5.74) is 2.94. The molecule has 0 saturated carbocycles. The van der Waals surface area contributed by atoms with E-state index in [0.717, 1.165) is 31.7 Å². The fourth-order valence-electron chi connectivity index (χ4n) is 3.22. The first-order valence-electron chi connectivity index (χ1n) is 9.90. The first-order valence-corrected chi connectivity index (χ1v) is 9.90. The monoisotopic (exact) mass is 393 g/mol. The van der Waals surface area contributed by atoms with Gasteiger partial charge in [-0.25, -0.2) is 0 Å². The molecule has 3 rings (SSSR count). The Labute approximate surface area is 171 Å². The van der Waals surface area contributed by atoms with Crippen molar-refractivity contribution in [3.8, 4) is 0 Å². The fraction of sp³-hybridized carbons (Fsp3) is 0.348. The number of rotatable bonds is 6. The Hall–Kier alpha value is -2.99. The van der Waals surface area contributed by atoms with Gasteiger partial charge in [-0.3, -0.25) is 14.4 Å². The minimum absolute atomic E-state index is 0.0136. The molecule has 1 aliphatic heterocycles. The highest BCUT2D eigenvalue weighted by Crippen LogP contribution is 2.14. The van der Waals surface area contributed by atoms with Crippen molar-refractivity contribution >= 4 is 23.3 Å². The summed E-state index contributed by atoms with van der Waals surface area (Å²) in [6.45, 7) is 5.17. The van der Waals surface area contributed by atoms with Crippen molar-refractivity contribution in [3.05, 3.63) is 65.2 Å². The van der Waals surface area contributed by atoms with Gasteiger partial charge in [-0.05, 0) is 38.2 Å². The third-order valence-corrected chi connectivity index (χ3v) is 5.16. The Morgan fingerprint density at radius 2 is 1.41 bits per heavy atom. The predicted molar refractivity (Wildman–Crippen MR) is 113 cm³/mol. The zero-order chi connectivity index (χ0) is 20.8. The summed E-state index contributed by atoms with van der Waals surface area (Å²) in [7, 11) is 2.05. The van der Waals surface area contributed by atoms with Crippen LogP contribution >= 0.6 is 0 Å². The topological polar surface area (TPSA) is 69.7 Å². The van der Waals surface area contributed by atoms with Gasteiger partial charge >= 0.3 is 0 Å². The summed E-state index contributed by atoms with van der Waals surface area (Å²) in [5, 5.41) is 2.79. The highest BCUT2D eigenvalue weighted by molar-refractivity contribution is 6.00. The molecule has 0 aromatic heterocycles. The van der Waals surface area contributed by atoms with E-state index in [1.165, 1.54) is 0 Å². The molecule has 1 aliphatic rings. The maximum Gasteiger partial charge on any atom is 0.253 e. The molecule has 1 fully saturated rings. The maximum atomic E-state index is 12.6. The number of amides is 2. The number of carbonyl (C=O) groups is 3. The standard InChI is InChI=1S/C23H27N3O3/c1-17-3-5-18(6-4-17)21(27)11-12-22(28)24-20-9-7-19(8-10-20)23(29)26-15-13-25(2)14-16-26/h3-10H,11-16H2,1-2H3,(H,24,28). The number of likely N-dealkylation sites (N-methyl/N-ethyl adjacent to an activating group) is 1. The van der Waals surface area contributed by atoms with Gasteiger partial charge in [0.15, 0.2) is 5.78 Å².